The van der Waals surface area contributed by atoms with Crippen LogP contribution in [-0.4, -0.2) is 50.4 Å². The molecule has 0 aliphatic heterocycles. The SMILES string of the molecule is CCOc1ccc(N(CC(=O)N(Cc2cccc(C)c2)[C@@H](Cc2ccccc2)C(=O)N[C@H](C)CC)S(=O)(=O)c2ccc(Br)cc2)cc1. The minimum absolute atomic E-state index is 0.0305. The van der Waals surface area contributed by atoms with Crippen molar-refractivity contribution in [1.82, 2.24) is 10.2 Å². The Labute approximate surface area is 286 Å². The zero-order valence-corrected chi connectivity index (χ0v) is 29.6. The number of hydrogen-bond donors (Lipinski definition) is 1. The molecule has 0 radical (unpaired) electrons. The first kappa shape index (κ1) is 35.7. The molecule has 0 saturated heterocycles. The van der Waals surface area contributed by atoms with E-state index >= 15 is 0 Å². The van der Waals surface area contributed by atoms with Crippen LogP contribution in [0.4, 0.5) is 5.69 Å². The van der Waals surface area contributed by atoms with Gasteiger partial charge in [-0.15, -0.1) is 0 Å². The maximum atomic E-state index is 14.6. The van der Waals surface area contributed by atoms with E-state index in [0.29, 0.717) is 24.5 Å². The normalized spacial score (nSPS) is 12.5. The van der Waals surface area contributed by atoms with Gasteiger partial charge in [-0.25, -0.2) is 8.42 Å². The van der Waals surface area contributed by atoms with E-state index in [0.717, 1.165) is 25.5 Å². The highest BCUT2D eigenvalue weighted by Gasteiger charge is 2.35. The van der Waals surface area contributed by atoms with Crippen molar-refractivity contribution in [1.29, 1.82) is 0 Å². The second kappa shape index (κ2) is 16.6. The molecule has 0 heterocycles. The molecule has 4 rings (SSSR count). The summed E-state index contributed by atoms with van der Waals surface area (Å²) in [6.07, 6.45) is 0.968. The highest BCUT2D eigenvalue weighted by molar-refractivity contribution is 9.10. The lowest BCUT2D eigenvalue weighted by atomic mass is 10.0. The van der Waals surface area contributed by atoms with Crippen LogP contribution in [0.15, 0.2) is 112 Å². The molecule has 2 amide bonds. The Morgan fingerprint density at radius 2 is 1.53 bits per heavy atom. The molecule has 4 aromatic carbocycles. The van der Waals surface area contributed by atoms with E-state index in [1.165, 1.54) is 17.0 Å². The van der Waals surface area contributed by atoms with Crippen LogP contribution in [0, 0.1) is 6.92 Å². The predicted octanol–water partition coefficient (Wildman–Crippen LogP) is 6.91. The summed E-state index contributed by atoms with van der Waals surface area (Å²) in [5.74, 6) is -0.233. The van der Waals surface area contributed by atoms with E-state index in [9.17, 15) is 18.0 Å². The molecule has 8 nitrogen and oxygen atoms in total. The summed E-state index contributed by atoms with van der Waals surface area (Å²) < 4.78 is 35.9. The Bertz CT molecular complexity index is 1730. The van der Waals surface area contributed by atoms with Crippen molar-refractivity contribution in [2.24, 2.45) is 0 Å². The maximum Gasteiger partial charge on any atom is 0.264 e. The summed E-state index contributed by atoms with van der Waals surface area (Å²) in [5, 5.41) is 3.06. The number of rotatable bonds is 15. The smallest absolute Gasteiger partial charge is 0.264 e. The van der Waals surface area contributed by atoms with Gasteiger partial charge in [-0.05, 0) is 86.8 Å². The molecule has 47 heavy (non-hydrogen) atoms. The van der Waals surface area contributed by atoms with E-state index in [-0.39, 0.29) is 29.8 Å². The second-order valence-corrected chi connectivity index (χ2v) is 14.2. The van der Waals surface area contributed by atoms with Crippen molar-refractivity contribution in [3.8, 4) is 5.75 Å². The van der Waals surface area contributed by atoms with E-state index < -0.39 is 28.5 Å². The highest BCUT2D eigenvalue weighted by Crippen LogP contribution is 2.28. The molecule has 0 spiro atoms. The number of anilines is 1. The Morgan fingerprint density at radius 1 is 0.872 bits per heavy atom. The second-order valence-electron chi connectivity index (χ2n) is 11.4. The summed E-state index contributed by atoms with van der Waals surface area (Å²) in [5.41, 5.74) is 3.01. The number of nitrogens with one attached hydrogen (secondary N) is 1. The van der Waals surface area contributed by atoms with Crippen LogP contribution >= 0.6 is 15.9 Å². The fourth-order valence-electron chi connectivity index (χ4n) is 5.14. The molecule has 0 aliphatic carbocycles. The summed E-state index contributed by atoms with van der Waals surface area (Å²) in [4.78, 5) is 30.1. The van der Waals surface area contributed by atoms with Gasteiger partial charge in [-0.2, -0.15) is 0 Å². The quantitative estimate of drug-likeness (QED) is 0.144. The first-order valence-corrected chi connectivity index (χ1v) is 18.0. The zero-order chi connectivity index (χ0) is 34.0. The number of carbonyl (C=O) groups is 2. The van der Waals surface area contributed by atoms with Crippen LogP contribution in [-0.2, 0) is 32.6 Å². The molecular weight excluding hydrogens is 678 g/mol. The molecule has 1 N–H and O–H groups in total. The van der Waals surface area contributed by atoms with Crippen molar-refractivity contribution in [3.63, 3.8) is 0 Å². The minimum atomic E-state index is -4.21. The fraction of sp³-hybridized carbons (Fsp3) is 0.297. The molecule has 0 bridgehead atoms. The van der Waals surface area contributed by atoms with Crippen LogP contribution in [0.25, 0.3) is 0 Å². The summed E-state index contributed by atoms with van der Waals surface area (Å²) in [6.45, 7) is 7.76. The third-order valence-corrected chi connectivity index (χ3v) is 10.1. The van der Waals surface area contributed by atoms with Crippen LogP contribution in [0.2, 0.25) is 0 Å². The maximum absolute atomic E-state index is 14.6. The van der Waals surface area contributed by atoms with Gasteiger partial charge in [-0.3, -0.25) is 13.9 Å². The largest absolute Gasteiger partial charge is 0.494 e. The van der Waals surface area contributed by atoms with E-state index in [4.69, 9.17) is 4.74 Å². The average molecular weight is 721 g/mol. The van der Waals surface area contributed by atoms with E-state index in [2.05, 4.69) is 21.2 Å². The first-order valence-electron chi connectivity index (χ1n) is 15.7. The third-order valence-electron chi connectivity index (χ3n) is 7.82. The lowest BCUT2D eigenvalue weighted by Gasteiger charge is -2.34. The van der Waals surface area contributed by atoms with Crippen molar-refractivity contribution < 1.29 is 22.7 Å². The standard InChI is InChI=1S/C37H42BrN3O5S/c1-5-28(4)39-37(43)35(24-29-12-8-7-9-13-29)40(25-30-14-10-11-27(3)23-30)36(42)26-41(32-17-19-33(20-18-32)46-6-2)47(44,45)34-21-15-31(38)16-22-34/h7-23,28,35H,5-6,24-26H2,1-4H3,(H,39,43)/t28-,35+/m1/s1. The predicted molar refractivity (Wildman–Crippen MR) is 190 cm³/mol. The van der Waals surface area contributed by atoms with Crippen molar-refractivity contribution in [2.45, 2.75) is 64.1 Å². The highest BCUT2D eigenvalue weighted by atomic mass is 79.9. The molecule has 4 aromatic rings. The summed E-state index contributed by atoms with van der Waals surface area (Å²) >= 11 is 3.37. The number of aryl methyl sites for hydroxylation is 1. The van der Waals surface area contributed by atoms with Gasteiger partial charge in [0, 0.05) is 23.5 Å². The lowest BCUT2D eigenvalue weighted by Crippen LogP contribution is -2.54. The average Bonchev–Trinajstić information content (AvgIpc) is 3.06. The fourth-order valence-corrected chi connectivity index (χ4v) is 6.82. The summed E-state index contributed by atoms with van der Waals surface area (Å²) in [7, 11) is -4.21. The summed E-state index contributed by atoms with van der Waals surface area (Å²) in [6, 6.07) is 29.1. The molecule has 0 aromatic heterocycles. The third kappa shape index (κ3) is 9.68. The van der Waals surface area contributed by atoms with Crippen LogP contribution < -0.4 is 14.4 Å². The van der Waals surface area contributed by atoms with Crippen molar-refractivity contribution in [3.05, 3.63) is 124 Å². The molecule has 0 saturated carbocycles. The molecule has 0 fully saturated rings. The van der Waals surface area contributed by atoms with Crippen molar-refractivity contribution in [2.75, 3.05) is 17.5 Å². The Hall–Kier alpha value is -4.15. The van der Waals surface area contributed by atoms with Gasteiger partial charge in [0.1, 0.15) is 18.3 Å². The van der Waals surface area contributed by atoms with E-state index in [1.807, 2.05) is 82.3 Å². The molecule has 248 valence electrons. The number of ether oxygens (including phenoxy) is 1. The first-order chi connectivity index (χ1) is 22.5. The molecule has 0 unspecified atom stereocenters. The Kier molecular flexibility index (Phi) is 12.6. The zero-order valence-electron chi connectivity index (χ0n) is 27.2. The minimum Gasteiger partial charge on any atom is -0.494 e. The number of carbonyl (C=O) groups excluding carboxylic acids is 2. The van der Waals surface area contributed by atoms with Gasteiger partial charge < -0.3 is 15.0 Å². The topological polar surface area (TPSA) is 96.0 Å². The van der Waals surface area contributed by atoms with Crippen molar-refractivity contribution >= 4 is 43.5 Å². The van der Waals surface area contributed by atoms with Gasteiger partial charge in [0.25, 0.3) is 10.0 Å². The van der Waals surface area contributed by atoms with Gasteiger partial charge in [-0.1, -0.05) is 83.0 Å². The monoisotopic (exact) mass is 719 g/mol. The molecular formula is C37H42BrN3O5S. The van der Waals surface area contributed by atoms with E-state index in [1.54, 1.807) is 36.4 Å². The van der Waals surface area contributed by atoms with Gasteiger partial charge in [0.05, 0.1) is 17.2 Å². The number of nitrogens with zero attached hydrogens (tertiary/aromatic N) is 2. The number of hydrogen-bond acceptors (Lipinski definition) is 5. The number of amides is 2. The van der Waals surface area contributed by atoms with Crippen LogP contribution in [0.5, 0.6) is 5.75 Å². The van der Waals surface area contributed by atoms with Crippen LogP contribution in [0.1, 0.15) is 43.9 Å². The number of halogens is 1. The Balaban J connectivity index is 1.81. The van der Waals surface area contributed by atoms with Gasteiger partial charge in [0.15, 0.2) is 0 Å². The molecule has 10 heteroatoms. The lowest BCUT2D eigenvalue weighted by molar-refractivity contribution is -0.140. The number of sulfonamides is 1. The number of benzene rings is 4. The van der Waals surface area contributed by atoms with Crippen LogP contribution in [0.3, 0.4) is 0 Å². The van der Waals surface area contributed by atoms with Gasteiger partial charge >= 0.3 is 0 Å². The molecule has 2 atom stereocenters. The van der Waals surface area contributed by atoms with Gasteiger partial charge in [0.2, 0.25) is 11.8 Å². The molecule has 0 aliphatic rings. The Morgan fingerprint density at radius 3 is 2.15 bits per heavy atom.